The lowest BCUT2D eigenvalue weighted by molar-refractivity contribution is -0.129. The average molecular weight is 437 g/mol. The van der Waals surface area contributed by atoms with Crippen molar-refractivity contribution in [3.63, 3.8) is 0 Å². The van der Waals surface area contributed by atoms with E-state index < -0.39 is 5.97 Å². The Morgan fingerprint density at radius 2 is 1.69 bits per heavy atom. The minimum atomic E-state index is -0.457. The van der Waals surface area contributed by atoms with Crippen LogP contribution in [0.1, 0.15) is 22.3 Å². The maximum absolute atomic E-state index is 12.6. The highest BCUT2D eigenvalue weighted by Crippen LogP contribution is 2.33. The standard InChI is InChI=1S/C27H20N2O2S/c1-17-7-6-8-20(13-17)25-28-24(27(30)31-25)16-21-15-19-12-11-18(2)14-23(19)29-26(21)32-22-9-4-3-5-10-22/h3-16H,1-2H3. The zero-order valence-corrected chi connectivity index (χ0v) is 18.5. The first-order valence-corrected chi connectivity index (χ1v) is 11.1. The number of carbonyl (C=O) groups is 1. The molecule has 0 aliphatic carbocycles. The zero-order valence-electron chi connectivity index (χ0n) is 17.7. The van der Waals surface area contributed by atoms with Gasteiger partial charge < -0.3 is 4.74 Å². The molecule has 0 N–H and O–H groups in total. The van der Waals surface area contributed by atoms with E-state index in [9.17, 15) is 4.79 Å². The molecule has 1 aromatic heterocycles. The van der Waals surface area contributed by atoms with Gasteiger partial charge in [0.05, 0.1) is 5.52 Å². The van der Waals surface area contributed by atoms with E-state index in [1.807, 2.05) is 73.7 Å². The Morgan fingerprint density at radius 3 is 2.50 bits per heavy atom. The van der Waals surface area contributed by atoms with Crippen LogP contribution in [0.25, 0.3) is 17.0 Å². The number of hydrogen-bond donors (Lipinski definition) is 0. The molecule has 0 atom stereocenters. The van der Waals surface area contributed by atoms with Crippen molar-refractivity contribution in [2.75, 3.05) is 0 Å². The van der Waals surface area contributed by atoms with Crippen LogP contribution in [0.3, 0.4) is 0 Å². The summed E-state index contributed by atoms with van der Waals surface area (Å²) in [6.07, 6.45) is 1.77. The van der Waals surface area contributed by atoms with E-state index in [1.54, 1.807) is 17.8 Å². The Hall–Kier alpha value is -3.70. The first-order chi connectivity index (χ1) is 15.5. The molecule has 0 radical (unpaired) electrons. The molecule has 0 spiro atoms. The fraction of sp³-hybridized carbons (Fsp3) is 0.0741. The van der Waals surface area contributed by atoms with Crippen LogP contribution in [-0.2, 0) is 9.53 Å². The van der Waals surface area contributed by atoms with Gasteiger partial charge in [-0.05, 0) is 61.9 Å². The number of aryl methyl sites for hydroxylation is 2. The van der Waals surface area contributed by atoms with Crippen LogP contribution in [0.2, 0.25) is 0 Å². The van der Waals surface area contributed by atoms with Gasteiger partial charge in [0.1, 0.15) is 5.03 Å². The Balaban J connectivity index is 1.60. The highest BCUT2D eigenvalue weighted by molar-refractivity contribution is 7.99. The first-order valence-electron chi connectivity index (χ1n) is 10.3. The summed E-state index contributed by atoms with van der Waals surface area (Å²) in [4.78, 5) is 23.1. The van der Waals surface area contributed by atoms with Crippen LogP contribution in [-0.4, -0.2) is 16.9 Å². The molecular formula is C27H20N2O2S. The lowest BCUT2D eigenvalue weighted by Crippen LogP contribution is -2.05. The number of nitrogens with zero attached hydrogens (tertiary/aromatic N) is 2. The second kappa shape index (κ2) is 8.44. The topological polar surface area (TPSA) is 51.5 Å². The van der Waals surface area contributed by atoms with Gasteiger partial charge in [-0.2, -0.15) is 0 Å². The molecule has 0 saturated heterocycles. The van der Waals surface area contributed by atoms with Gasteiger partial charge >= 0.3 is 5.97 Å². The Labute approximate surface area is 190 Å². The lowest BCUT2D eigenvalue weighted by atomic mass is 10.1. The maximum atomic E-state index is 12.6. The molecule has 0 fully saturated rings. The number of aliphatic imine (C=N–C) groups is 1. The van der Waals surface area contributed by atoms with Gasteiger partial charge in [-0.3, -0.25) is 0 Å². The monoisotopic (exact) mass is 436 g/mol. The predicted octanol–water partition coefficient (Wildman–Crippen LogP) is 6.35. The molecule has 0 unspecified atom stereocenters. The number of rotatable bonds is 4. The molecule has 2 heterocycles. The number of carbonyl (C=O) groups excluding carboxylic acids is 1. The average Bonchev–Trinajstić information content (AvgIpc) is 3.15. The summed E-state index contributed by atoms with van der Waals surface area (Å²) < 4.78 is 5.46. The second-order valence-electron chi connectivity index (χ2n) is 7.70. The number of fused-ring (bicyclic) bond motifs is 1. The number of aromatic nitrogens is 1. The molecule has 1 aliphatic rings. The van der Waals surface area contributed by atoms with E-state index in [0.29, 0.717) is 5.90 Å². The molecular weight excluding hydrogens is 416 g/mol. The van der Waals surface area contributed by atoms with E-state index in [4.69, 9.17) is 9.72 Å². The van der Waals surface area contributed by atoms with Gasteiger partial charge in [0.25, 0.3) is 0 Å². The summed E-state index contributed by atoms with van der Waals surface area (Å²) in [5.41, 5.74) is 5.03. The number of cyclic esters (lactones) is 1. The van der Waals surface area contributed by atoms with Crippen molar-refractivity contribution in [1.82, 2.24) is 4.98 Å². The van der Waals surface area contributed by atoms with Crippen molar-refractivity contribution in [2.24, 2.45) is 4.99 Å². The summed E-state index contributed by atoms with van der Waals surface area (Å²) in [5, 5.41) is 1.82. The third-order valence-electron chi connectivity index (χ3n) is 5.10. The number of hydrogen-bond acceptors (Lipinski definition) is 5. The third-order valence-corrected chi connectivity index (χ3v) is 6.13. The smallest absolute Gasteiger partial charge is 0.363 e. The molecule has 1 aliphatic heterocycles. The highest BCUT2D eigenvalue weighted by Gasteiger charge is 2.25. The van der Waals surface area contributed by atoms with Gasteiger partial charge in [0, 0.05) is 21.4 Å². The number of ether oxygens (including phenoxy) is 1. The van der Waals surface area contributed by atoms with Crippen LogP contribution in [0.5, 0.6) is 0 Å². The number of benzene rings is 3. The fourth-order valence-electron chi connectivity index (χ4n) is 3.52. The normalized spacial score (nSPS) is 14.6. The van der Waals surface area contributed by atoms with E-state index in [2.05, 4.69) is 24.0 Å². The van der Waals surface area contributed by atoms with Gasteiger partial charge in [-0.15, -0.1) is 0 Å². The Morgan fingerprint density at radius 1 is 0.875 bits per heavy atom. The molecule has 0 saturated carbocycles. The summed E-state index contributed by atoms with van der Waals surface area (Å²) >= 11 is 1.56. The van der Waals surface area contributed by atoms with E-state index in [1.165, 1.54) is 0 Å². The van der Waals surface area contributed by atoms with Crippen LogP contribution in [0, 0.1) is 13.8 Å². The molecule has 0 amide bonds. The van der Waals surface area contributed by atoms with E-state index in [-0.39, 0.29) is 5.70 Å². The van der Waals surface area contributed by atoms with Gasteiger partial charge in [0.2, 0.25) is 5.90 Å². The van der Waals surface area contributed by atoms with Crippen molar-refractivity contribution in [2.45, 2.75) is 23.8 Å². The van der Waals surface area contributed by atoms with Crippen LogP contribution >= 0.6 is 11.8 Å². The summed E-state index contributed by atoms with van der Waals surface area (Å²) in [6.45, 7) is 4.05. The van der Waals surface area contributed by atoms with Crippen molar-refractivity contribution in [1.29, 1.82) is 0 Å². The molecule has 156 valence electrons. The van der Waals surface area contributed by atoms with Crippen molar-refractivity contribution in [3.05, 3.63) is 107 Å². The summed E-state index contributed by atoms with van der Waals surface area (Å²) in [5.74, 6) is -0.132. The molecule has 32 heavy (non-hydrogen) atoms. The van der Waals surface area contributed by atoms with E-state index in [0.717, 1.165) is 43.1 Å². The maximum Gasteiger partial charge on any atom is 0.363 e. The number of pyridine rings is 1. The van der Waals surface area contributed by atoms with Gasteiger partial charge in [-0.1, -0.05) is 59.8 Å². The van der Waals surface area contributed by atoms with Crippen molar-refractivity contribution >= 4 is 40.6 Å². The zero-order chi connectivity index (χ0) is 22.1. The summed E-state index contributed by atoms with van der Waals surface area (Å²) in [7, 11) is 0. The van der Waals surface area contributed by atoms with Crippen LogP contribution in [0.15, 0.2) is 99.5 Å². The fourth-order valence-corrected chi connectivity index (χ4v) is 4.42. The summed E-state index contributed by atoms with van der Waals surface area (Å²) in [6, 6.07) is 26.0. The SMILES string of the molecule is Cc1cccc(C2=NC(=Cc3cc4ccc(C)cc4nc3Sc3ccccc3)C(=O)O2)c1. The molecule has 0 bridgehead atoms. The molecule has 4 aromatic rings. The minimum absolute atomic E-state index is 0.268. The highest BCUT2D eigenvalue weighted by atomic mass is 32.2. The van der Waals surface area contributed by atoms with Crippen LogP contribution < -0.4 is 0 Å². The Kier molecular flexibility index (Phi) is 5.33. The molecule has 3 aromatic carbocycles. The molecule has 5 heteroatoms. The molecule has 5 rings (SSSR count). The van der Waals surface area contributed by atoms with Crippen LogP contribution in [0.4, 0.5) is 0 Å². The van der Waals surface area contributed by atoms with Crippen molar-refractivity contribution in [3.8, 4) is 0 Å². The number of esters is 1. The quantitative estimate of drug-likeness (QED) is 0.276. The Bertz CT molecular complexity index is 1410. The van der Waals surface area contributed by atoms with Crippen molar-refractivity contribution < 1.29 is 9.53 Å². The van der Waals surface area contributed by atoms with Gasteiger partial charge in [-0.25, -0.2) is 14.8 Å². The predicted molar refractivity (Wildman–Crippen MR) is 129 cm³/mol. The molecule has 4 nitrogen and oxygen atoms in total. The minimum Gasteiger partial charge on any atom is -0.402 e. The third kappa shape index (κ3) is 4.20. The second-order valence-corrected chi connectivity index (χ2v) is 8.76. The largest absolute Gasteiger partial charge is 0.402 e. The van der Waals surface area contributed by atoms with E-state index >= 15 is 0 Å². The lowest BCUT2D eigenvalue weighted by Gasteiger charge is -2.08. The first kappa shape index (κ1) is 20.2. The van der Waals surface area contributed by atoms with Gasteiger partial charge in [0.15, 0.2) is 5.70 Å².